The molecule has 0 amide bonds. The monoisotopic (exact) mass is 193 g/mol. The van der Waals surface area contributed by atoms with Crippen LogP contribution in [-0.2, 0) is 0 Å². The van der Waals surface area contributed by atoms with Crippen molar-refractivity contribution in [3.8, 4) is 5.75 Å². The first-order valence-corrected chi connectivity index (χ1v) is 4.67. The van der Waals surface area contributed by atoms with Gasteiger partial charge in [-0.3, -0.25) is 10.1 Å². The standard InChI is InChI=1S/C10H11NO3/c12-11(13)8-4-6-10(7-5-8)14-9-2-1-3-9/h4-7,9H,1-3H2. The summed E-state index contributed by atoms with van der Waals surface area (Å²) in [5.74, 6) is 0.723. The van der Waals surface area contributed by atoms with E-state index in [-0.39, 0.29) is 5.69 Å². The summed E-state index contributed by atoms with van der Waals surface area (Å²) in [7, 11) is 0. The van der Waals surface area contributed by atoms with Crippen molar-refractivity contribution >= 4 is 5.69 Å². The Bertz CT molecular complexity index is 330. The fourth-order valence-corrected chi connectivity index (χ4v) is 1.33. The first-order valence-electron chi connectivity index (χ1n) is 4.67. The van der Waals surface area contributed by atoms with E-state index >= 15 is 0 Å². The van der Waals surface area contributed by atoms with E-state index in [2.05, 4.69) is 0 Å². The Morgan fingerprint density at radius 1 is 1.29 bits per heavy atom. The fourth-order valence-electron chi connectivity index (χ4n) is 1.33. The molecule has 0 spiro atoms. The predicted molar refractivity (Wildman–Crippen MR) is 51.4 cm³/mol. The summed E-state index contributed by atoms with van der Waals surface area (Å²) in [5, 5.41) is 10.4. The predicted octanol–water partition coefficient (Wildman–Crippen LogP) is 2.53. The number of ether oxygens (including phenoxy) is 1. The second kappa shape index (κ2) is 3.65. The van der Waals surface area contributed by atoms with Crippen molar-refractivity contribution in [3.63, 3.8) is 0 Å². The molecule has 0 aromatic heterocycles. The van der Waals surface area contributed by atoms with Gasteiger partial charge in [0, 0.05) is 12.1 Å². The second-order valence-corrected chi connectivity index (χ2v) is 3.42. The molecule has 0 N–H and O–H groups in total. The van der Waals surface area contributed by atoms with Crippen LogP contribution in [0.2, 0.25) is 0 Å². The summed E-state index contributed by atoms with van der Waals surface area (Å²) < 4.78 is 5.56. The summed E-state index contributed by atoms with van der Waals surface area (Å²) >= 11 is 0. The smallest absolute Gasteiger partial charge is 0.269 e. The third-order valence-corrected chi connectivity index (χ3v) is 2.40. The molecule has 0 heterocycles. The number of benzene rings is 1. The lowest BCUT2D eigenvalue weighted by Gasteiger charge is -2.26. The zero-order valence-corrected chi connectivity index (χ0v) is 7.68. The molecule has 0 aliphatic heterocycles. The van der Waals surface area contributed by atoms with Gasteiger partial charge in [0.05, 0.1) is 11.0 Å². The van der Waals surface area contributed by atoms with Gasteiger partial charge in [-0.25, -0.2) is 0 Å². The third kappa shape index (κ3) is 1.84. The van der Waals surface area contributed by atoms with Gasteiger partial charge >= 0.3 is 0 Å². The van der Waals surface area contributed by atoms with Gasteiger partial charge in [0.1, 0.15) is 5.75 Å². The molecule has 1 aromatic carbocycles. The molecule has 1 aromatic rings. The maximum atomic E-state index is 10.4. The van der Waals surface area contributed by atoms with Gasteiger partial charge < -0.3 is 4.74 Å². The molecule has 2 rings (SSSR count). The normalized spacial score (nSPS) is 16.0. The maximum Gasteiger partial charge on any atom is 0.269 e. The Morgan fingerprint density at radius 2 is 1.93 bits per heavy atom. The molecule has 1 saturated carbocycles. The van der Waals surface area contributed by atoms with Gasteiger partial charge in [-0.05, 0) is 31.4 Å². The highest BCUT2D eigenvalue weighted by molar-refractivity contribution is 5.36. The second-order valence-electron chi connectivity index (χ2n) is 3.42. The summed E-state index contributed by atoms with van der Waals surface area (Å²) in [6, 6.07) is 6.23. The zero-order valence-electron chi connectivity index (χ0n) is 7.68. The van der Waals surface area contributed by atoms with E-state index < -0.39 is 4.92 Å². The maximum absolute atomic E-state index is 10.4. The van der Waals surface area contributed by atoms with Crippen LogP contribution in [0, 0.1) is 10.1 Å². The third-order valence-electron chi connectivity index (χ3n) is 2.40. The Morgan fingerprint density at radius 3 is 2.36 bits per heavy atom. The number of nitro benzene ring substituents is 1. The van der Waals surface area contributed by atoms with Crippen LogP contribution in [0.3, 0.4) is 0 Å². The molecule has 1 aliphatic rings. The van der Waals surface area contributed by atoms with Crippen molar-refractivity contribution < 1.29 is 9.66 Å². The van der Waals surface area contributed by atoms with E-state index in [9.17, 15) is 10.1 Å². The summed E-state index contributed by atoms with van der Waals surface area (Å²) in [6.45, 7) is 0. The first kappa shape index (κ1) is 8.99. The van der Waals surface area contributed by atoms with Crippen LogP contribution in [0.15, 0.2) is 24.3 Å². The van der Waals surface area contributed by atoms with E-state index in [0.717, 1.165) is 18.6 Å². The van der Waals surface area contributed by atoms with E-state index in [4.69, 9.17) is 4.74 Å². The molecule has 4 nitrogen and oxygen atoms in total. The minimum atomic E-state index is -0.410. The minimum Gasteiger partial charge on any atom is -0.490 e. The number of hydrogen-bond donors (Lipinski definition) is 0. The minimum absolute atomic E-state index is 0.103. The Kier molecular flexibility index (Phi) is 2.35. The molecule has 0 bridgehead atoms. The lowest BCUT2D eigenvalue weighted by atomic mass is 9.96. The van der Waals surface area contributed by atoms with Crippen LogP contribution in [0.4, 0.5) is 5.69 Å². The average Bonchev–Trinajstić information content (AvgIpc) is 2.12. The van der Waals surface area contributed by atoms with Crippen LogP contribution in [0.5, 0.6) is 5.75 Å². The molecule has 0 saturated heterocycles. The summed E-state index contributed by atoms with van der Waals surface area (Å²) in [5.41, 5.74) is 0.103. The van der Waals surface area contributed by atoms with Crippen LogP contribution in [0.1, 0.15) is 19.3 Å². The Labute approximate surface area is 81.7 Å². The van der Waals surface area contributed by atoms with Crippen LogP contribution in [-0.4, -0.2) is 11.0 Å². The average molecular weight is 193 g/mol. The number of non-ortho nitro benzene ring substituents is 1. The van der Waals surface area contributed by atoms with Crippen LogP contribution < -0.4 is 4.74 Å². The van der Waals surface area contributed by atoms with Gasteiger partial charge in [-0.1, -0.05) is 0 Å². The number of hydrogen-bond acceptors (Lipinski definition) is 3. The number of nitrogens with zero attached hydrogens (tertiary/aromatic N) is 1. The first-order chi connectivity index (χ1) is 6.75. The van der Waals surface area contributed by atoms with Crippen molar-refractivity contribution in [2.75, 3.05) is 0 Å². The van der Waals surface area contributed by atoms with Gasteiger partial charge in [-0.15, -0.1) is 0 Å². The molecule has 1 fully saturated rings. The molecule has 14 heavy (non-hydrogen) atoms. The van der Waals surface area contributed by atoms with E-state index in [1.165, 1.54) is 18.6 Å². The van der Waals surface area contributed by atoms with Crippen molar-refractivity contribution in [1.29, 1.82) is 0 Å². The van der Waals surface area contributed by atoms with Gasteiger partial charge in [0.2, 0.25) is 0 Å². The quantitative estimate of drug-likeness (QED) is 0.547. The highest BCUT2D eigenvalue weighted by Crippen LogP contribution is 2.26. The highest BCUT2D eigenvalue weighted by atomic mass is 16.6. The Balaban J connectivity index is 2.01. The molecule has 0 atom stereocenters. The van der Waals surface area contributed by atoms with Gasteiger partial charge in [0.15, 0.2) is 0 Å². The largest absolute Gasteiger partial charge is 0.490 e. The summed E-state index contributed by atoms with van der Waals surface area (Å²) in [6.07, 6.45) is 3.72. The SMILES string of the molecule is O=[N+]([O-])c1ccc(OC2CCC2)cc1. The van der Waals surface area contributed by atoms with Gasteiger partial charge in [0.25, 0.3) is 5.69 Å². The molecular formula is C10H11NO3. The van der Waals surface area contributed by atoms with E-state index in [1.54, 1.807) is 12.1 Å². The van der Waals surface area contributed by atoms with E-state index in [0.29, 0.717) is 6.10 Å². The van der Waals surface area contributed by atoms with Crippen LogP contribution >= 0.6 is 0 Å². The fraction of sp³-hybridized carbons (Fsp3) is 0.400. The number of nitro groups is 1. The molecule has 74 valence electrons. The zero-order chi connectivity index (χ0) is 9.97. The topological polar surface area (TPSA) is 52.4 Å². The molecule has 0 radical (unpaired) electrons. The molecular weight excluding hydrogens is 182 g/mol. The highest BCUT2D eigenvalue weighted by Gasteiger charge is 2.19. The molecule has 4 heteroatoms. The van der Waals surface area contributed by atoms with Crippen molar-refractivity contribution in [1.82, 2.24) is 0 Å². The molecule has 1 aliphatic carbocycles. The molecule has 0 unspecified atom stereocenters. The van der Waals surface area contributed by atoms with Crippen molar-refractivity contribution in [2.45, 2.75) is 25.4 Å². The lowest BCUT2D eigenvalue weighted by Crippen LogP contribution is -2.24. The lowest BCUT2D eigenvalue weighted by molar-refractivity contribution is -0.384. The summed E-state index contributed by atoms with van der Waals surface area (Å²) in [4.78, 5) is 9.96. The number of rotatable bonds is 3. The van der Waals surface area contributed by atoms with Crippen molar-refractivity contribution in [2.24, 2.45) is 0 Å². The van der Waals surface area contributed by atoms with E-state index in [1.807, 2.05) is 0 Å². The van der Waals surface area contributed by atoms with Crippen molar-refractivity contribution in [3.05, 3.63) is 34.4 Å². The van der Waals surface area contributed by atoms with Crippen LogP contribution in [0.25, 0.3) is 0 Å². The van der Waals surface area contributed by atoms with Gasteiger partial charge in [-0.2, -0.15) is 0 Å². The Hall–Kier alpha value is -1.58.